The Kier molecular flexibility index (Phi) is 8.62. The van der Waals surface area contributed by atoms with E-state index < -0.39 is 5.79 Å². The molecule has 4 atom stereocenters. The van der Waals surface area contributed by atoms with Crippen LogP contribution in [0.1, 0.15) is 41.7 Å². The summed E-state index contributed by atoms with van der Waals surface area (Å²) < 4.78 is 13.0. The molecular weight excluding hydrogens is 645 g/mol. The summed E-state index contributed by atoms with van der Waals surface area (Å²) in [5, 5.41) is 4.77. The Balaban J connectivity index is 0.00000320. The molecular formula is C31H35AuN2O3. The number of carbonyl (C=O) groups excluding carboxylic acids is 1. The fourth-order valence-corrected chi connectivity index (χ4v) is 5.31. The smallest absolute Gasteiger partial charge is 0.426 e. The number of nitrogens with zero attached hydrogens (tertiary/aromatic N) is 2. The largest absolute Gasteiger partial charge is 1.00 e. The number of hydrogen-bond donors (Lipinski definition) is 0. The Morgan fingerprint density at radius 3 is 1.89 bits per heavy atom. The zero-order valence-corrected chi connectivity index (χ0v) is 24.0. The van der Waals surface area contributed by atoms with Gasteiger partial charge in [0.2, 0.25) is 0 Å². The van der Waals surface area contributed by atoms with Crippen LogP contribution in [0.3, 0.4) is 0 Å². The van der Waals surface area contributed by atoms with Gasteiger partial charge in [0, 0.05) is 0 Å². The van der Waals surface area contributed by atoms with Crippen LogP contribution in [0.5, 0.6) is 0 Å². The number of fused-ring (bicyclic) bond motifs is 1. The Labute approximate surface area is 236 Å². The van der Waals surface area contributed by atoms with E-state index in [1.807, 2.05) is 36.9 Å². The predicted molar refractivity (Wildman–Crippen MR) is 142 cm³/mol. The first kappa shape index (κ1) is 27.6. The van der Waals surface area contributed by atoms with E-state index in [1.165, 1.54) is 16.7 Å². The van der Waals surface area contributed by atoms with Crippen molar-refractivity contribution >= 4 is 6.03 Å². The van der Waals surface area contributed by atoms with E-state index in [0.29, 0.717) is 19.4 Å². The summed E-state index contributed by atoms with van der Waals surface area (Å²) in [5.74, 6) is -0.749. The molecule has 5 nitrogen and oxygen atoms in total. The van der Waals surface area contributed by atoms with Crippen LogP contribution in [0.4, 0.5) is 4.79 Å². The molecule has 5 rings (SSSR count). The van der Waals surface area contributed by atoms with Gasteiger partial charge in [-0.2, -0.15) is 0 Å². The molecule has 2 saturated heterocycles. The molecule has 0 N–H and O–H groups in total. The molecule has 0 aromatic heterocycles. The van der Waals surface area contributed by atoms with Crippen molar-refractivity contribution in [2.24, 2.45) is 0 Å². The molecule has 2 fully saturated rings. The van der Waals surface area contributed by atoms with Gasteiger partial charge in [-0.1, -0.05) is 90.0 Å². The standard InChI is InChI=1S/C31H36N2O3.Au/c1-21-10-14-23(15-11-21)18-26-28-29(36-31(3,4)35-28)27(19-24-16-12-22(2)13-17-24)33(30(34)32-26)20-25-8-6-5-7-9-25;/h5-17,26-29H,18-20H2,1-4H3,(H,32,34);/q;+1/p-1/t26-,27-,28+,29+;/m1./s1. The molecule has 0 bridgehead atoms. The van der Waals surface area contributed by atoms with Crippen molar-refractivity contribution in [3.63, 3.8) is 0 Å². The summed E-state index contributed by atoms with van der Waals surface area (Å²) >= 11 is 0. The summed E-state index contributed by atoms with van der Waals surface area (Å²) in [5.41, 5.74) is 5.80. The summed E-state index contributed by atoms with van der Waals surface area (Å²) in [6.07, 6.45) is 0.687. The van der Waals surface area contributed by atoms with Crippen LogP contribution < -0.4 is 0 Å². The van der Waals surface area contributed by atoms with Crippen molar-refractivity contribution < 1.29 is 36.6 Å². The number of amides is 2. The van der Waals surface area contributed by atoms with Crippen LogP contribution >= 0.6 is 0 Å². The van der Waals surface area contributed by atoms with E-state index in [9.17, 15) is 4.79 Å². The molecule has 3 aromatic rings. The predicted octanol–water partition coefficient (Wildman–Crippen LogP) is 6.35. The van der Waals surface area contributed by atoms with Crippen molar-refractivity contribution in [3.05, 3.63) is 112 Å². The number of ether oxygens (including phenoxy) is 2. The molecule has 0 aliphatic carbocycles. The van der Waals surface area contributed by atoms with Gasteiger partial charge in [0.25, 0.3) is 0 Å². The van der Waals surface area contributed by atoms with Gasteiger partial charge in [-0.25, -0.2) is 0 Å². The van der Waals surface area contributed by atoms with Crippen LogP contribution in [-0.4, -0.2) is 41.0 Å². The van der Waals surface area contributed by atoms with Crippen LogP contribution in [0.25, 0.3) is 5.32 Å². The third-order valence-electron chi connectivity index (χ3n) is 7.17. The van der Waals surface area contributed by atoms with Crippen LogP contribution in [0.2, 0.25) is 0 Å². The molecule has 0 unspecified atom stereocenters. The number of urea groups is 1. The Hall–Kier alpha value is -2.41. The molecule has 6 heteroatoms. The maximum Gasteiger partial charge on any atom is 1.00 e. The van der Waals surface area contributed by atoms with Crippen molar-refractivity contribution in [3.8, 4) is 0 Å². The van der Waals surface area contributed by atoms with E-state index in [0.717, 1.165) is 11.1 Å². The minimum atomic E-state index is -0.749. The summed E-state index contributed by atoms with van der Waals surface area (Å²) in [4.78, 5) is 15.7. The number of rotatable bonds is 6. The van der Waals surface area contributed by atoms with E-state index in [4.69, 9.17) is 14.8 Å². The molecule has 198 valence electrons. The minimum Gasteiger partial charge on any atom is -0.426 e. The molecule has 3 aromatic carbocycles. The van der Waals surface area contributed by atoms with Gasteiger partial charge in [-0.3, -0.25) is 4.79 Å². The average molecular weight is 681 g/mol. The first-order valence-corrected chi connectivity index (χ1v) is 12.8. The van der Waals surface area contributed by atoms with E-state index in [2.05, 4.69) is 74.5 Å². The average Bonchev–Trinajstić information content (AvgIpc) is 3.15. The van der Waals surface area contributed by atoms with Crippen molar-refractivity contribution in [1.82, 2.24) is 4.90 Å². The van der Waals surface area contributed by atoms with Gasteiger partial charge in [-0.15, -0.1) is 0 Å². The molecule has 0 spiro atoms. The molecule has 37 heavy (non-hydrogen) atoms. The monoisotopic (exact) mass is 680 g/mol. The zero-order valence-electron chi connectivity index (χ0n) is 21.9. The van der Waals surface area contributed by atoms with Crippen molar-refractivity contribution in [2.75, 3.05) is 0 Å². The van der Waals surface area contributed by atoms with Crippen molar-refractivity contribution in [2.45, 2.75) is 77.2 Å². The summed E-state index contributed by atoms with van der Waals surface area (Å²) in [6.45, 7) is 8.55. The van der Waals surface area contributed by atoms with Crippen molar-refractivity contribution in [1.29, 1.82) is 0 Å². The second-order valence-corrected chi connectivity index (χ2v) is 10.6. The normalized spacial score (nSPS) is 24.5. The van der Waals surface area contributed by atoms with Gasteiger partial charge in [0.1, 0.15) is 0 Å². The fraction of sp³-hybridized carbons (Fsp3) is 0.387. The SMILES string of the molecule is Cc1ccc(C[C@@H]2[C@@H]3OC(C)(C)O[C@H]3[C@@H](Cc3ccc(C)cc3)[N-]C(=O)N2Cc2ccccc2)cc1.[Au+]. The molecule has 0 radical (unpaired) electrons. The number of carbonyl (C=O) groups is 1. The maximum absolute atomic E-state index is 13.8. The number of benzene rings is 3. The molecule has 2 heterocycles. The van der Waals surface area contributed by atoms with E-state index in [-0.39, 0.29) is 52.7 Å². The Bertz CT molecular complexity index is 1180. The van der Waals surface area contributed by atoms with Gasteiger partial charge < -0.3 is 19.7 Å². The quantitative estimate of drug-likeness (QED) is 0.285. The second-order valence-electron chi connectivity index (χ2n) is 10.6. The summed E-state index contributed by atoms with van der Waals surface area (Å²) in [7, 11) is 0. The Morgan fingerprint density at radius 1 is 0.757 bits per heavy atom. The van der Waals surface area contributed by atoms with Gasteiger partial charge >= 0.3 is 22.4 Å². The number of aryl methyl sites for hydroxylation is 2. The third-order valence-corrected chi connectivity index (χ3v) is 7.17. The molecule has 0 saturated carbocycles. The zero-order chi connectivity index (χ0) is 25.3. The second kappa shape index (κ2) is 11.5. The fourth-order valence-electron chi connectivity index (χ4n) is 5.31. The van der Waals surface area contributed by atoms with Crippen LogP contribution in [-0.2, 0) is 51.2 Å². The first-order valence-electron chi connectivity index (χ1n) is 12.8. The first-order chi connectivity index (χ1) is 17.3. The number of hydrogen-bond acceptors (Lipinski definition) is 3. The Morgan fingerprint density at radius 2 is 1.30 bits per heavy atom. The van der Waals surface area contributed by atoms with Gasteiger partial charge in [-0.05, 0) is 75.9 Å². The van der Waals surface area contributed by atoms with Gasteiger partial charge in [0.05, 0.1) is 12.2 Å². The van der Waals surface area contributed by atoms with Gasteiger partial charge in [0.15, 0.2) is 11.8 Å². The van der Waals surface area contributed by atoms with E-state index >= 15 is 0 Å². The van der Waals surface area contributed by atoms with Crippen LogP contribution in [0, 0.1) is 13.8 Å². The molecule has 2 aliphatic heterocycles. The summed E-state index contributed by atoms with van der Waals surface area (Å²) in [6, 6.07) is 26.3. The molecule has 2 amide bonds. The van der Waals surface area contributed by atoms with E-state index in [1.54, 1.807) is 0 Å². The minimum absolute atomic E-state index is 0. The molecule has 2 aliphatic rings. The third kappa shape index (κ3) is 6.54. The van der Waals surface area contributed by atoms with Crippen LogP contribution in [0.15, 0.2) is 78.9 Å². The topological polar surface area (TPSA) is 52.9 Å². The maximum atomic E-state index is 13.8.